The van der Waals surface area contributed by atoms with E-state index in [0.717, 1.165) is 10.6 Å². The first-order valence-electron chi connectivity index (χ1n) is 7.59. The molecular weight excluding hydrogens is 361 g/mol. The van der Waals surface area contributed by atoms with E-state index in [0.29, 0.717) is 21.4 Å². The van der Waals surface area contributed by atoms with Crippen LogP contribution >= 0.6 is 0 Å². The summed E-state index contributed by atoms with van der Waals surface area (Å²) in [4.78, 5) is 22.6. The van der Waals surface area contributed by atoms with Gasteiger partial charge in [0.25, 0.3) is 0 Å². The number of carboxylic acids is 1. The van der Waals surface area contributed by atoms with E-state index in [1.807, 2.05) is 18.2 Å². The topological polar surface area (TPSA) is 75.6 Å². The molecule has 0 fully saturated rings. The first-order valence-corrected chi connectivity index (χ1v) is 10.0. The molecule has 1 aromatic carbocycles. The van der Waals surface area contributed by atoms with Crippen molar-refractivity contribution in [3.05, 3.63) is 35.9 Å². The number of rotatable bonds is 8. The van der Waals surface area contributed by atoms with Crippen molar-refractivity contribution >= 4 is 27.0 Å². The number of carbonyl (C=O) groups excluding carboxylic acids is 1. The van der Waals surface area contributed by atoms with Gasteiger partial charge in [-0.05, 0) is 0 Å². The van der Waals surface area contributed by atoms with Crippen LogP contribution in [0.1, 0.15) is 39.2 Å². The Kier molecular flexibility index (Phi) is 8.13. The molecule has 1 aromatic rings. The maximum absolute atomic E-state index is 11.9. The van der Waals surface area contributed by atoms with Crippen molar-refractivity contribution < 1.29 is 19.4 Å². The van der Waals surface area contributed by atoms with Gasteiger partial charge in [0.2, 0.25) is 0 Å². The molecule has 0 radical (unpaired) electrons. The molecule has 0 aliphatic carbocycles. The molecular formula is C17H25NO4Se. The number of carboxylic acid groups (broad SMARTS) is 1. The zero-order valence-electron chi connectivity index (χ0n) is 13.9. The summed E-state index contributed by atoms with van der Waals surface area (Å²) in [5, 5.41) is 13.4. The van der Waals surface area contributed by atoms with E-state index >= 15 is 0 Å². The molecule has 0 saturated carbocycles. The van der Waals surface area contributed by atoms with E-state index in [1.165, 1.54) is 5.56 Å². The Morgan fingerprint density at radius 1 is 1.26 bits per heavy atom. The Bertz CT molecular complexity index is 499. The van der Waals surface area contributed by atoms with Crippen LogP contribution in [0.25, 0.3) is 0 Å². The first-order chi connectivity index (χ1) is 10.8. The number of hydrogen-bond donors (Lipinski definition) is 2. The second-order valence-corrected chi connectivity index (χ2v) is 8.44. The summed E-state index contributed by atoms with van der Waals surface area (Å²) in [5.74, 6) is -0.850. The summed E-state index contributed by atoms with van der Waals surface area (Å²) in [6.45, 7) is 5.41. The van der Waals surface area contributed by atoms with Gasteiger partial charge >= 0.3 is 144 Å². The Balaban J connectivity index is 2.47. The van der Waals surface area contributed by atoms with E-state index < -0.39 is 17.7 Å². The molecule has 0 aromatic heterocycles. The van der Waals surface area contributed by atoms with E-state index in [4.69, 9.17) is 9.84 Å². The molecule has 0 heterocycles. The molecule has 23 heavy (non-hydrogen) atoms. The Labute approximate surface area is 144 Å². The van der Waals surface area contributed by atoms with Gasteiger partial charge < -0.3 is 0 Å². The second-order valence-electron chi connectivity index (χ2n) is 6.28. The van der Waals surface area contributed by atoms with Gasteiger partial charge in [0.05, 0.1) is 0 Å². The monoisotopic (exact) mass is 387 g/mol. The van der Waals surface area contributed by atoms with Crippen molar-refractivity contribution in [3.8, 4) is 0 Å². The van der Waals surface area contributed by atoms with Crippen LogP contribution < -0.4 is 5.32 Å². The van der Waals surface area contributed by atoms with Crippen LogP contribution in [0.15, 0.2) is 30.3 Å². The number of aliphatic carboxylic acids is 1. The van der Waals surface area contributed by atoms with E-state index in [2.05, 4.69) is 17.4 Å². The van der Waals surface area contributed by atoms with Crippen molar-refractivity contribution in [1.29, 1.82) is 0 Å². The molecule has 0 saturated heterocycles. The summed E-state index contributed by atoms with van der Waals surface area (Å²) in [5.41, 5.74) is 0.707. The number of ether oxygens (including phenoxy) is 1. The number of alkyl carbamates (subject to hydrolysis) is 1. The average Bonchev–Trinajstić information content (AvgIpc) is 2.43. The third-order valence-electron chi connectivity index (χ3n) is 2.86. The molecule has 5 nitrogen and oxygen atoms in total. The molecule has 0 bridgehead atoms. The standard InChI is InChI=1S/C17H25NO4Se/c1-17(2,3)22-16(21)18-14(9-10-15(19)20)12-23-11-13-7-5-4-6-8-13/h4-8,14H,9-12H2,1-3H3,(H,18,21)(H,19,20)/t14-/m0/s1. The summed E-state index contributed by atoms with van der Waals surface area (Å²) in [6.07, 6.45) is -0.0177. The predicted octanol–water partition coefficient (Wildman–Crippen LogP) is 3.07. The second kappa shape index (κ2) is 9.58. The zero-order chi connectivity index (χ0) is 17.3. The number of hydrogen-bond acceptors (Lipinski definition) is 3. The van der Waals surface area contributed by atoms with Gasteiger partial charge in [-0.3, -0.25) is 0 Å². The van der Waals surface area contributed by atoms with Crippen molar-refractivity contribution in [3.63, 3.8) is 0 Å². The fourth-order valence-electron chi connectivity index (χ4n) is 1.86. The zero-order valence-corrected chi connectivity index (χ0v) is 15.6. The summed E-state index contributed by atoms with van der Waals surface area (Å²) < 4.78 is 5.25. The van der Waals surface area contributed by atoms with Gasteiger partial charge in [0.1, 0.15) is 0 Å². The molecule has 0 spiro atoms. The Morgan fingerprint density at radius 3 is 2.48 bits per heavy atom. The fourth-order valence-corrected chi connectivity index (χ4v) is 4.13. The van der Waals surface area contributed by atoms with Crippen molar-refractivity contribution in [2.24, 2.45) is 0 Å². The maximum atomic E-state index is 11.9. The summed E-state index contributed by atoms with van der Waals surface area (Å²) in [7, 11) is 0. The predicted molar refractivity (Wildman–Crippen MR) is 90.7 cm³/mol. The summed E-state index contributed by atoms with van der Waals surface area (Å²) >= 11 is 0.291. The normalized spacial score (nSPS) is 12.5. The minimum atomic E-state index is -0.850. The number of benzene rings is 1. The number of nitrogens with one attached hydrogen (secondary N) is 1. The van der Waals surface area contributed by atoms with Crippen molar-refractivity contribution in [2.75, 3.05) is 0 Å². The van der Waals surface area contributed by atoms with Crippen LogP contribution in [-0.4, -0.2) is 43.8 Å². The van der Waals surface area contributed by atoms with Crippen LogP contribution in [0, 0.1) is 0 Å². The third kappa shape index (κ3) is 9.97. The van der Waals surface area contributed by atoms with Gasteiger partial charge in [0, 0.05) is 0 Å². The van der Waals surface area contributed by atoms with Crippen LogP contribution in [0.2, 0.25) is 5.32 Å². The van der Waals surface area contributed by atoms with E-state index in [1.54, 1.807) is 20.8 Å². The molecule has 0 aliphatic heterocycles. The molecule has 0 aliphatic rings. The third-order valence-corrected chi connectivity index (χ3v) is 5.32. The number of carbonyl (C=O) groups is 2. The SMILES string of the molecule is CC(C)(C)OC(=O)N[C@@H](CCC(=O)O)C[Se]Cc1ccccc1. The molecule has 1 rings (SSSR count). The average molecular weight is 386 g/mol. The Hall–Kier alpha value is -1.52. The van der Waals surface area contributed by atoms with Crippen LogP contribution in [0.4, 0.5) is 4.79 Å². The van der Waals surface area contributed by atoms with Gasteiger partial charge in [-0.25, -0.2) is 0 Å². The van der Waals surface area contributed by atoms with Crippen LogP contribution in [-0.2, 0) is 14.9 Å². The molecule has 1 amide bonds. The Morgan fingerprint density at radius 2 is 1.91 bits per heavy atom. The van der Waals surface area contributed by atoms with Gasteiger partial charge in [-0.15, -0.1) is 0 Å². The van der Waals surface area contributed by atoms with E-state index in [9.17, 15) is 9.59 Å². The van der Waals surface area contributed by atoms with Crippen LogP contribution in [0.5, 0.6) is 0 Å². The van der Waals surface area contributed by atoms with Gasteiger partial charge in [-0.1, -0.05) is 0 Å². The van der Waals surface area contributed by atoms with Crippen molar-refractivity contribution in [2.45, 2.75) is 55.9 Å². The summed E-state index contributed by atoms with van der Waals surface area (Å²) in [6, 6.07) is 9.99. The van der Waals surface area contributed by atoms with E-state index in [-0.39, 0.29) is 12.5 Å². The molecule has 0 unspecified atom stereocenters. The number of amides is 1. The molecule has 128 valence electrons. The van der Waals surface area contributed by atoms with Gasteiger partial charge in [0.15, 0.2) is 0 Å². The van der Waals surface area contributed by atoms with Gasteiger partial charge in [-0.2, -0.15) is 0 Å². The fraction of sp³-hybridized carbons (Fsp3) is 0.529. The quantitative estimate of drug-likeness (QED) is 0.674. The molecule has 6 heteroatoms. The first kappa shape index (κ1) is 19.5. The van der Waals surface area contributed by atoms with Crippen molar-refractivity contribution in [1.82, 2.24) is 5.32 Å². The van der Waals surface area contributed by atoms with Crippen LogP contribution in [0.3, 0.4) is 0 Å². The molecule has 1 atom stereocenters. The molecule has 2 N–H and O–H groups in total. The minimum absolute atomic E-state index is 0.0435.